The quantitative estimate of drug-likeness (QED) is 0.253. The van der Waals surface area contributed by atoms with Crippen LogP contribution in [0.2, 0.25) is 0 Å². The predicted molar refractivity (Wildman–Crippen MR) is 133 cm³/mol. The SMILES string of the molecule is CCCCN(CCCC)CCCN1C(=O)C(=O)/C(=C(\O)c2ccccc2)C1c1cccc(F)c1. The smallest absolute Gasteiger partial charge is 0.295 e. The summed E-state index contributed by atoms with van der Waals surface area (Å²) in [5, 5.41) is 11.0. The third kappa shape index (κ3) is 6.11. The number of carbonyl (C=O) groups excluding carboxylic acids is 2. The van der Waals surface area contributed by atoms with Crippen LogP contribution >= 0.6 is 0 Å². The van der Waals surface area contributed by atoms with Gasteiger partial charge in [-0.3, -0.25) is 9.59 Å². The van der Waals surface area contributed by atoms with E-state index in [1.807, 2.05) is 6.07 Å². The molecule has 1 aliphatic heterocycles. The van der Waals surface area contributed by atoms with Crippen LogP contribution in [0.15, 0.2) is 60.2 Å². The van der Waals surface area contributed by atoms with Gasteiger partial charge in [-0.2, -0.15) is 0 Å². The molecule has 182 valence electrons. The molecule has 1 N–H and O–H groups in total. The van der Waals surface area contributed by atoms with Crippen molar-refractivity contribution in [2.24, 2.45) is 0 Å². The van der Waals surface area contributed by atoms with E-state index in [1.54, 1.807) is 36.4 Å². The van der Waals surface area contributed by atoms with Gasteiger partial charge in [0.1, 0.15) is 11.6 Å². The van der Waals surface area contributed by atoms with Gasteiger partial charge in [-0.15, -0.1) is 0 Å². The van der Waals surface area contributed by atoms with Gasteiger partial charge in [-0.05, 0) is 56.6 Å². The van der Waals surface area contributed by atoms with Gasteiger partial charge in [-0.25, -0.2) is 4.39 Å². The highest BCUT2D eigenvalue weighted by molar-refractivity contribution is 6.46. The van der Waals surface area contributed by atoms with E-state index in [9.17, 15) is 19.1 Å². The highest BCUT2D eigenvalue weighted by atomic mass is 19.1. The van der Waals surface area contributed by atoms with E-state index in [1.165, 1.54) is 17.0 Å². The molecule has 1 amide bonds. The Morgan fingerprint density at radius 2 is 1.59 bits per heavy atom. The number of halogens is 1. The molecule has 0 saturated carbocycles. The first-order chi connectivity index (χ1) is 16.5. The number of hydrogen-bond donors (Lipinski definition) is 1. The van der Waals surface area contributed by atoms with E-state index in [0.717, 1.165) is 45.3 Å². The number of aliphatic hydroxyl groups is 1. The second-order valence-electron chi connectivity index (χ2n) is 8.82. The molecule has 34 heavy (non-hydrogen) atoms. The predicted octanol–water partition coefficient (Wildman–Crippen LogP) is 5.54. The van der Waals surface area contributed by atoms with Crippen molar-refractivity contribution in [3.63, 3.8) is 0 Å². The molecule has 1 heterocycles. The number of rotatable bonds is 12. The minimum atomic E-state index is -0.823. The van der Waals surface area contributed by atoms with Gasteiger partial charge >= 0.3 is 0 Å². The van der Waals surface area contributed by atoms with Crippen molar-refractivity contribution >= 4 is 17.4 Å². The molecule has 0 aromatic heterocycles. The molecule has 0 radical (unpaired) electrons. The van der Waals surface area contributed by atoms with Crippen LogP contribution in [-0.2, 0) is 9.59 Å². The molecule has 1 unspecified atom stereocenters. The van der Waals surface area contributed by atoms with Crippen LogP contribution in [0.4, 0.5) is 4.39 Å². The summed E-state index contributed by atoms with van der Waals surface area (Å²) in [4.78, 5) is 30.0. The summed E-state index contributed by atoms with van der Waals surface area (Å²) >= 11 is 0. The molecule has 0 aliphatic carbocycles. The molecule has 0 spiro atoms. The summed E-state index contributed by atoms with van der Waals surface area (Å²) in [5.74, 6) is -2.07. The maximum atomic E-state index is 14.1. The number of ketones is 1. The fourth-order valence-corrected chi connectivity index (χ4v) is 4.45. The van der Waals surface area contributed by atoms with Gasteiger partial charge in [0.05, 0.1) is 11.6 Å². The highest BCUT2D eigenvalue weighted by Crippen LogP contribution is 2.39. The average molecular weight is 467 g/mol. The normalized spacial score (nSPS) is 17.6. The molecule has 1 atom stereocenters. The first-order valence-corrected chi connectivity index (χ1v) is 12.3. The van der Waals surface area contributed by atoms with Crippen molar-refractivity contribution in [1.29, 1.82) is 0 Å². The molecule has 1 saturated heterocycles. The summed E-state index contributed by atoms with van der Waals surface area (Å²) < 4.78 is 14.1. The number of likely N-dealkylation sites (tertiary alicyclic amines) is 1. The van der Waals surface area contributed by atoms with Crippen LogP contribution < -0.4 is 0 Å². The zero-order chi connectivity index (χ0) is 24.5. The zero-order valence-corrected chi connectivity index (χ0v) is 20.2. The lowest BCUT2D eigenvalue weighted by Gasteiger charge is -2.27. The van der Waals surface area contributed by atoms with Gasteiger partial charge in [-0.1, -0.05) is 69.2 Å². The Morgan fingerprint density at radius 3 is 2.21 bits per heavy atom. The Labute approximate surface area is 201 Å². The monoisotopic (exact) mass is 466 g/mol. The van der Waals surface area contributed by atoms with Gasteiger partial charge < -0.3 is 14.9 Å². The summed E-state index contributed by atoms with van der Waals surface area (Å²) in [6, 6.07) is 13.8. The van der Waals surface area contributed by atoms with E-state index in [0.29, 0.717) is 24.1 Å². The third-order valence-corrected chi connectivity index (χ3v) is 6.28. The maximum absolute atomic E-state index is 14.1. The minimum absolute atomic E-state index is 0.00984. The minimum Gasteiger partial charge on any atom is -0.507 e. The number of benzene rings is 2. The molecule has 5 nitrogen and oxygen atoms in total. The van der Waals surface area contributed by atoms with E-state index < -0.39 is 23.5 Å². The number of aliphatic hydroxyl groups excluding tert-OH is 1. The Kier molecular flexibility index (Phi) is 9.40. The van der Waals surface area contributed by atoms with Gasteiger partial charge in [0.15, 0.2) is 0 Å². The van der Waals surface area contributed by atoms with Crippen molar-refractivity contribution in [3.8, 4) is 0 Å². The van der Waals surface area contributed by atoms with Gasteiger partial charge in [0.25, 0.3) is 11.7 Å². The third-order valence-electron chi connectivity index (χ3n) is 6.28. The summed E-state index contributed by atoms with van der Waals surface area (Å²) in [7, 11) is 0. The number of carbonyl (C=O) groups is 2. The lowest BCUT2D eigenvalue weighted by Crippen LogP contribution is -2.34. The second kappa shape index (κ2) is 12.5. The van der Waals surface area contributed by atoms with E-state index >= 15 is 0 Å². The molecule has 3 rings (SSSR count). The number of Topliss-reactive ketones (excluding diaryl/α,β-unsaturated/α-hetero) is 1. The summed E-state index contributed by atoms with van der Waals surface area (Å²) in [6.45, 7) is 7.53. The van der Waals surface area contributed by atoms with Gasteiger partial charge in [0, 0.05) is 12.1 Å². The van der Waals surface area contributed by atoms with E-state index in [4.69, 9.17) is 0 Å². The Hall–Kier alpha value is -2.99. The number of hydrogen-bond acceptors (Lipinski definition) is 4. The van der Waals surface area contributed by atoms with E-state index in [-0.39, 0.29) is 11.3 Å². The fraction of sp³-hybridized carbons (Fsp3) is 0.429. The summed E-state index contributed by atoms with van der Waals surface area (Å²) in [5.41, 5.74) is 0.938. The lowest BCUT2D eigenvalue weighted by molar-refractivity contribution is -0.140. The molecule has 1 fully saturated rings. The Bertz CT molecular complexity index is 998. The molecule has 6 heteroatoms. The molecular formula is C28H35FN2O3. The van der Waals surface area contributed by atoms with Crippen LogP contribution in [-0.4, -0.2) is 52.8 Å². The second-order valence-corrected chi connectivity index (χ2v) is 8.82. The van der Waals surface area contributed by atoms with Crippen molar-refractivity contribution in [1.82, 2.24) is 9.80 Å². The molecular weight excluding hydrogens is 431 g/mol. The lowest BCUT2D eigenvalue weighted by atomic mass is 9.95. The zero-order valence-electron chi connectivity index (χ0n) is 20.2. The summed E-state index contributed by atoms with van der Waals surface area (Å²) in [6.07, 6.45) is 5.17. The number of nitrogens with zero attached hydrogens (tertiary/aromatic N) is 2. The largest absolute Gasteiger partial charge is 0.507 e. The average Bonchev–Trinajstić information content (AvgIpc) is 3.10. The molecule has 2 aromatic rings. The first-order valence-electron chi connectivity index (χ1n) is 12.3. The van der Waals surface area contributed by atoms with Crippen LogP contribution in [0.25, 0.3) is 5.76 Å². The molecule has 2 aromatic carbocycles. The topological polar surface area (TPSA) is 60.9 Å². The molecule has 0 bridgehead atoms. The Balaban J connectivity index is 1.89. The van der Waals surface area contributed by atoms with E-state index in [2.05, 4.69) is 18.7 Å². The number of amides is 1. The fourth-order valence-electron chi connectivity index (χ4n) is 4.45. The number of unbranched alkanes of at least 4 members (excludes halogenated alkanes) is 2. The standard InChI is InChI=1S/C28H35FN2O3/c1-3-5-16-30(17-6-4-2)18-11-19-31-25(22-14-10-15-23(29)20-22)24(27(33)28(31)34)26(32)21-12-8-7-9-13-21/h7-10,12-15,20,25,32H,3-6,11,16-19H2,1-2H3/b26-24-. The van der Waals surface area contributed by atoms with Crippen molar-refractivity contribution in [2.45, 2.75) is 52.0 Å². The van der Waals surface area contributed by atoms with Crippen molar-refractivity contribution in [3.05, 3.63) is 77.1 Å². The Morgan fingerprint density at radius 1 is 0.941 bits per heavy atom. The molecule has 1 aliphatic rings. The van der Waals surface area contributed by atoms with Crippen LogP contribution in [0.5, 0.6) is 0 Å². The first kappa shape index (κ1) is 25.6. The highest BCUT2D eigenvalue weighted by Gasteiger charge is 2.45. The van der Waals surface area contributed by atoms with Gasteiger partial charge in [0.2, 0.25) is 0 Å². The maximum Gasteiger partial charge on any atom is 0.295 e. The van der Waals surface area contributed by atoms with Crippen molar-refractivity contribution in [2.75, 3.05) is 26.2 Å². The van der Waals surface area contributed by atoms with Crippen LogP contribution in [0.1, 0.15) is 63.1 Å². The van der Waals surface area contributed by atoms with Crippen molar-refractivity contribution < 1.29 is 19.1 Å². The van der Waals surface area contributed by atoms with Crippen LogP contribution in [0, 0.1) is 5.82 Å². The van der Waals surface area contributed by atoms with Crippen LogP contribution in [0.3, 0.4) is 0 Å².